The van der Waals surface area contributed by atoms with Crippen LogP contribution in [-0.2, 0) is 11.3 Å². The summed E-state index contributed by atoms with van der Waals surface area (Å²) in [4.78, 5) is 19.2. The van der Waals surface area contributed by atoms with Gasteiger partial charge in [0.25, 0.3) is 0 Å². The van der Waals surface area contributed by atoms with Crippen molar-refractivity contribution in [2.75, 3.05) is 0 Å². The summed E-state index contributed by atoms with van der Waals surface area (Å²) in [6.45, 7) is 2.48. The number of carbonyl (C=O) groups excluding carboxylic acids is 1. The summed E-state index contributed by atoms with van der Waals surface area (Å²) in [5.41, 5.74) is 0.976. The fraction of sp³-hybridized carbons (Fsp3) is 0.500. The first kappa shape index (κ1) is 14.4. The molecule has 0 radical (unpaired) electrons. The van der Waals surface area contributed by atoms with Crippen LogP contribution in [-0.4, -0.2) is 37.7 Å². The van der Waals surface area contributed by atoms with Crippen LogP contribution in [0.4, 0.5) is 0 Å². The van der Waals surface area contributed by atoms with Crippen LogP contribution in [0.15, 0.2) is 36.7 Å². The Balaban J connectivity index is 1.46. The molecule has 2 aromatic rings. The van der Waals surface area contributed by atoms with Gasteiger partial charge in [0.15, 0.2) is 5.82 Å². The van der Waals surface area contributed by atoms with Crippen molar-refractivity contribution in [3.8, 4) is 11.4 Å². The smallest absolute Gasteiger partial charge is 0.244 e. The quantitative estimate of drug-likeness (QED) is 0.824. The first-order chi connectivity index (χ1) is 11.2. The Labute approximate surface area is 136 Å². The fourth-order valence-electron chi connectivity index (χ4n) is 3.23. The molecule has 4 rings (SSSR count). The molecule has 1 atom stereocenters. The highest BCUT2D eigenvalue weighted by Gasteiger charge is 2.41. The number of rotatable bonds is 6. The van der Waals surface area contributed by atoms with Crippen LogP contribution in [0.2, 0.25) is 0 Å². The molecule has 1 aromatic heterocycles. The van der Waals surface area contributed by atoms with Crippen LogP contribution >= 0.6 is 0 Å². The van der Waals surface area contributed by atoms with Crippen LogP contribution in [0.3, 0.4) is 0 Å². The molecule has 0 aliphatic heterocycles. The van der Waals surface area contributed by atoms with Gasteiger partial charge in [0.05, 0.1) is 0 Å². The van der Waals surface area contributed by atoms with Gasteiger partial charge < -0.3 is 4.90 Å². The Morgan fingerprint density at radius 3 is 2.65 bits per heavy atom. The normalized spacial score (nSPS) is 18.7. The molecule has 1 heterocycles. The van der Waals surface area contributed by atoms with Crippen LogP contribution in [0, 0.1) is 5.92 Å². The van der Waals surface area contributed by atoms with Gasteiger partial charge in [-0.3, -0.25) is 4.79 Å². The molecule has 1 aromatic carbocycles. The molecule has 2 aliphatic carbocycles. The van der Waals surface area contributed by atoms with Gasteiger partial charge in [-0.25, -0.2) is 9.67 Å². The molecule has 23 heavy (non-hydrogen) atoms. The summed E-state index contributed by atoms with van der Waals surface area (Å²) in [6, 6.07) is 10.7. The van der Waals surface area contributed by atoms with Crippen molar-refractivity contribution >= 4 is 5.91 Å². The van der Waals surface area contributed by atoms with Gasteiger partial charge in [0.2, 0.25) is 5.91 Å². The molecule has 0 N–H and O–H groups in total. The Morgan fingerprint density at radius 1 is 1.26 bits per heavy atom. The predicted octanol–water partition coefficient (Wildman–Crippen LogP) is 2.73. The summed E-state index contributed by atoms with van der Waals surface area (Å²) in [5, 5.41) is 4.46. The van der Waals surface area contributed by atoms with E-state index in [1.165, 1.54) is 12.8 Å². The minimum atomic E-state index is 0.177. The van der Waals surface area contributed by atoms with E-state index in [9.17, 15) is 4.79 Å². The van der Waals surface area contributed by atoms with Crippen molar-refractivity contribution in [1.29, 1.82) is 0 Å². The van der Waals surface area contributed by atoms with E-state index in [0.29, 0.717) is 23.8 Å². The third kappa shape index (κ3) is 3.14. The number of aromatic nitrogens is 3. The zero-order chi connectivity index (χ0) is 15.8. The molecule has 2 saturated carbocycles. The van der Waals surface area contributed by atoms with Crippen molar-refractivity contribution < 1.29 is 4.79 Å². The predicted molar refractivity (Wildman–Crippen MR) is 87.5 cm³/mol. The highest BCUT2D eigenvalue weighted by atomic mass is 16.2. The highest BCUT2D eigenvalue weighted by molar-refractivity contribution is 5.77. The number of amides is 1. The molecule has 2 aliphatic rings. The van der Waals surface area contributed by atoms with Crippen molar-refractivity contribution in [3.63, 3.8) is 0 Å². The average molecular weight is 310 g/mol. The molecule has 0 saturated heterocycles. The maximum atomic E-state index is 12.8. The van der Waals surface area contributed by atoms with E-state index in [2.05, 4.69) is 21.9 Å². The molecule has 5 nitrogen and oxygen atoms in total. The minimum Gasteiger partial charge on any atom is -0.335 e. The molecule has 5 heteroatoms. The average Bonchev–Trinajstić information content (AvgIpc) is 3.47. The van der Waals surface area contributed by atoms with Crippen molar-refractivity contribution in [2.45, 2.75) is 51.2 Å². The van der Waals surface area contributed by atoms with Gasteiger partial charge in [-0.05, 0) is 38.5 Å². The van der Waals surface area contributed by atoms with Crippen molar-refractivity contribution in [3.05, 3.63) is 36.7 Å². The summed E-state index contributed by atoms with van der Waals surface area (Å²) in [5.74, 6) is 1.55. The lowest BCUT2D eigenvalue weighted by Gasteiger charge is -2.29. The third-order valence-electron chi connectivity index (χ3n) is 4.84. The molecular weight excluding hydrogens is 288 g/mol. The summed E-state index contributed by atoms with van der Waals surface area (Å²) < 4.78 is 1.67. The Bertz CT molecular complexity index is 688. The Kier molecular flexibility index (Phi) is 3.63. The van der Waals surface area contributed by atoms with Gasteiger partial charge in [0.1, 0.15) is 12.9 Å². The monoisotopic (exact) mass is 310 g/mol. The van der Waals surface area contributed by atoms with Gasteiger partial charge in [0, 0.05) is 17.6 Å². The second-order valence-corrected chi connectivity index (χ2v) is 6.74. The van der Waals surface area contributed by atoms with E-state index in [0.717, 1.165) is 18.4 Å². The van der Waals surface area contributed by atoms with E-state index in [4.69, 9.17) is 0 Å². The third-order valence-corrected chi connectivity index (χ3v) is 4.84. The zero-order valence-electron chi connectivity index (χ0n) is 13.4. The molecule has 1 amide bonds. The number of carbonyl (C=O) groups is 1. The summed E-state index contributed by atoms with van der Waals surface area (Å²) in [7, 11) is 0. The van der Waals surface area contributed by atoms with Gasteiger partial charge in [-0.2, -0.15) is 5.10 Å². The summed E-state index contributed by atoms with van der Waals surface area (Å²) in [6.07, 6.45) is 6.48. The van der Waals surface area contributed by atoms with E-state index >= 15 is 0 Å². The fourth-order valence-corrected chi connectivity index (χ4v) is 3.23. The van der Waals surface area contributed by atoms with Gasteiger partial charge in [-0.15, -0.1) is 0 Å². The van der Waals surface area contributed by atoms with Crippen LogP contribution in [0.5, 0.6) is 0 Å². The number of benzene rings is 1. The molecule has 0 unspecified atom stereocenters. The lowest BCUT2D eigenvalue weighted by Crippen LogP contribution is -2.43. The maximum Gasteiger partial charge on any atom is 0.244 e. The topological polar surface area (TPSA) is 51.0 Å². The summed E-state index contributed by atoms with van der Waals surface area (Å²) >= 11 is 0. The van der Waals surface area contributed by atoms with Crippen LogP contribution < -0.4 is 0 Å². The Hall–Kier alpha value is -2.17. The van der Waals surface area contributed by atoms with Crippen molar-refractivity contribution in [2.24, 2.45) is 5.92 Å². The standard InChI is InChI=1S/C18H22N4O/c1-13(14-7-8-14)22(16-9-10-16)17(23)11-21-12-19-18(20-21)15-5-3-2-4-6-15/h2-6,12-14,16H,7-11H2,1H3/t13-/m0/s1. The maximum absolute atomic E-state index is 12.8. The first-order valence-corrected chi connectivity index (χ1v) is 8.48. The lowest BCUT2D eigenvalue weighted by molar-refractivity contribution is -0.135. The highest BCUT2D eigenvalue weighted by Crippen LogP contribution is 2.39. The van der Waals surface area contributed by atoms with Crippen LogP contribution in [0.1, 0.15) is 32.6 Å². The van der Waals surface area contributed by atoms with E-state index in [1.54, 1.807) is 11.0 Å². The molecular formula is C18H22N4O. The molecule has 0 spiro atoms. The van der Waals surface area contributed by atoms with Gasteiger partial charge in [-0.1, -0.05) is 30.3 Å². The number of nitrogens with zero attached hydrogens (tertiary/aromatic N) is 4. The second-order valence-electron chi connectivity index (χ2n) is 6.74. The second kappa shape index (κ2) is 5.80. The molecule has 0 bridgehead atoms. The SMILES string of the molecule is C[C@@H](C1CC1)N(C(=O)Cn1cnc(-c2ccccc2)n1)C1CC1. The van der Waals surface area contributed by atoms with Gasteiger partial charge >= 0.3 is 0 Å². The zero-order valence-corrected chi connectivity index (χ0v) is 13.4. The Morgan fingerprint density at radius 2 is 2.00 bits per heavy atom. The number of hydrogen-bond donors (Lipinski definition) is 0. The first-order valence-electron chi connectivity index (χ1n) is 8.48. The van der Waals surface area contributed by atoms with E-state index < -0.39 is 0 Å². The van der Waals surface area contributed by atoms with Crippen molar-refractivity contribution in [1.82, 2.24) is 19.7 Å². The minimum absolute atomic E-state index is 0.177. The van der Waals surface area contributed by atoms with E-state index in [1.807, 2.05) is 30.3 Å². The van der Waals surface area contributed by atoms with E-state index in [-0.39, 0.29) is 12.5 Å². The molecule has 2 fully saturated rings. The molecule has 120 valence electrons. The lowest BCUT2D eigenvalue weighted by atomic mass is 10.1. The van der Waals surface area contributed by atoms with Crippen LogP contribution in [0.25, 0.3) is 11.4 Å². The number of hydrogen-bond acceptors (Lipinski definition) is 3. The largest absolute Gasteiger partial charge is 0.335 e.